The predicted octanol–water partition coefficient (Wildman–Crippen LogP) is 4.45. The van der Waals surface area contributed by atoms with Crippen LogP contribution in [0.4, 0.5) is 8.78 Å². The fourth-order valence-corrected chi connectivity index (χ4v) is 3.33. The fraction of sp³-hybridized carbons (Fsp3) is 0. The van der Waals surface area contributed by atoms with Crippen LogP contribution in [-0.4, -0.2) is 16.1 Å². The molecule has 0 saturated carbocycles. The normalized spacial score (nSPS) is 10.8. The van der Waals surface area contributed by atoms with Gasteiger partial charge in [-0.05, 0) is 34.1 Å². The second-order valence-electron chi connectivity index (χ2n) is 4.22. The van der Waals surface area contributed by atoms with Crippen LogP contribution in [0.1, 0.15) is 10.4 Å². The lowest BCUT2D eigenvalue weighted by Gasteiger charge is -2.02. The van der Waals surface area contributed by atoms with Gasteiger partial charge >= 0.3 is 0 Å². The molecule has 0 radical (unpaired) electrons. The highest BCUT2D eigenvalue weighted by atomic mass is 79.9. The first-order valence-electron chi connectivity index (χ1n) is 5.83. The predicted molar refractivity (Wildman–Crippen MR) is 79.9 cm³/mol. The molecule has 0 atom stereocenters. The average molecular weight is 369 g/mol. The van der Waals surface area contributed by atoms with Gasteiger partial charge in [0.1, 0.15) is 17.2 Å². The summed E-state index contributed by atoms with van der Waals surface area (Å²) in [6, 6.07) is 5.02. The first-order valence-corrected chi connectivity index (χ1v) is 7.50. The summed E-state index contributed by atoms with van der Waals surface area (Å²) < 4.78 is 28.9. The summed E-state index contributed by atoms with van der Waals surface area (Å²) in [4.78, 5) is 12.0. The van der Waals surface area contributed by atoms with E-state index in [4.69, 9.17) is 0 Å². The molecule has 0 amide bonds. The van der Waals surface area contributed by atoms with Crippen LogP contribution in [-0.2, 0) is 0 Å². The van der Waals surface area contributed by atoms with Crippen molar-refractivity contribution in [2.45, 2.75) is 0 Å². The van der Waals surface area contributed by atoms with Crippen molar-refractivity contribution in [3.8, 4) is 16.3 Å². The minimum absolute atomic E-state index is 0.0846. The van der Waals surface area contributed by atoms with Gasteiger partial charge in [-0.15, -0.1) is 11.3 Å². The quantitative estimate of drug-likeness (QED) is 0.640. The van der Waals surface area contributed by atoms with Gasteiger partial charge in [-0.3, -0.25) is 4.79 Å². The van der Waals surface area contributed by atoms with Crippen LogP contribution in [0.25, 0.3) is 16.3 Å². The summed E-state index contributed by atoms with van der Waals surface area (Å²) in [5.74, 6) is -1.41. The van der Waals surface area contributed by atoms with Crippen molar-refractivity contribution in [2.24, 2.45) is 0 Å². The Balaban J connectivity index is 2.13. The molecule has 2 heterocycles. The Hall–Kier alpha value is -1.86. The number of aldehydes is 1. The van der Waals surface area contributed by atoms with Gasteiger partial charge in [0, 0.05) is 22.1 Å². The molecular weight excluding hydrogens is 362 g/mol. The maximum atomic E-state index is 13.8. The Morgan fingerprint density at radius 1 is 1.29 bits per heavy atom. The number of nitrogens with zero attached hydrogens (tertiary/aromatic N) is 2. The molecule has 0 aliphatic rings. The number of hydrogen-bond donors (Lipinski definition) is 0. The standard InChI is InChI=1S/C14H7BrF2N2OS/c15-9-3-13(21-7-9)14-8(6-20)5-19(18-14)12-2-1-10(16)4-11(12)17/h1-7H. The largest absolute Gasteiger partial charge is 0.298 e. The van der Waals surface area contributed by atoms with Gasteiger partial charge in [-0.1, -0.05) is 0 Å². The molecule has 21 heavy (non-hydrogen) atoms. The second kappa shape index (κ2) is 5.50. The molecular formula is C14H7BrF2N2OS. The molecule has 3 nitrogen and oxygen atoms in total. The van der Waals surface area contributed by atoms with Crippen molar-refractivity contribution in [3.05, 3.63) is 57.5 Å². The zero-order valence-electron chi connectivity index (χ0n) is 10.4. The lowest BCUT2D eigenvalue weighted by Crippen LogP contribution is -1.99. The smallest absolute Gasteiger partial charge is 0.153 e. The maximum Gasteiger partial charge on any atom is 0.153 e. The number of hydrogen-bond acceptors (Lipinski definition) is 3. The van der Waals surface area contributed by atoms with Crippen LogP contribution >= 0.6 is 27.3 Å². The number of thiophene rings is 1. The van der Waals surface area contributed by atoms with E-state index in [0.29, 0.717) is 17.5 Å². The van der Waals surface area contributed by atoms with Crippen LogP contribution in [0.3, 0.4) is 0 Å². The molecule has 2 aromatic heterocycles. The van der Waals surface area contributed by atoms with Crippen molar-refractivity contribution in [2.75, 3.05) is 0 Å². The number of carbonyl (C=O) groups excluding carboxylic acids is 1. The Bertz CT molecular complexity index is 828. The highest BCUT2D eigenvalue weighted by Crippen LogP contribution is 2.31. The molecule has 0 fully saturated rings. The molecule has 0 aliphatic heterocycles. The van der Waals surface area contributed by atoms with Gasteiger partial charge in [-0.25, -0.2) is 13.5 Å². The summed E-state index contributed by atoms with van der Waals surface area (Å²) in [5, 5.41) is 6.10. The summed E-state index contributed by atoms with van der Waals surface area (Å²) in [5.41, 5.74) is 0.888. The zero-order valence-corrected chi connectivity index (χ0v) is 12.8. The van der Waals surface area contributed by atoms with Crippen molar-refractivity contribution in [3.63, 3.8) is 0 Å². The van der Waals surface area contributed by atoms with Gasteiger partial charge < -0.3 is 0 Å². The third-order valence-corrected chi connectivity index (χ3v) is 4.52. The van der Waals surface area contributed by atoms with Crippen LogP contribution < -0.4 is 0 Å². The van der Waals surface area contributed by atoms with E-state index in [9.17, 15) is 13.6 Å². The number of carbonyl (C=O) groups is 1. The Labute approximate surface area is 131 Å². The molecule has 0 saturated heterocycles. The van der Waals surface area contributed by atoms with E-state index in [1.165, 1.54) is 28.3 Å². The van der Waals surface area contributed by atoms with E-state index >= 15 is 0 Å². The molecule has 0 unspecified atom stereocenters. The lowest BCUT2D eigenvalue weighted by molar-refractivity contribution is 0.112. The first kappa shape index (κ1) is 14.1. The molecule has 7 heteroatoms. The molecule has 0 spiro atoms. The molecule has 0 aliphatic carbocycles. The van der Waals surface area contributed by atoms with Crippen LogP contribution in [0.2, 0.25) is 0 Å². The van der Waals surface area contributed by atoms with Gasteiger partial charge in [0.2, 0.25) is 0 Å². The van der Waals surface area contributed by atoms with Gasteiger partial charge in [-0.2, -0.15) is 5.10 Å². The summed E-state index contributed by atoms with van der Waals surface area (Å²) in [6.07, 6.45) is 2.08. The van der Waals surface area contributed by atoms with Crippen LogP contribution in [0.5, 0.6) is 0 Å². The van der Waals surface area contributed by atoms with Crippen molar-refractivity contribution >= 4 is 33.6 Å². The van der Waals surface area contributed by atoms with E-state index in [1.54, 1.807) is 0 Å². The Morgan fingerprint density at radius 3 is 2.71 bits per heavy atom. The number of benzene rings is 1. The summed E-state index contributed by atoms with van der Waals surface area (Å²) in [7, 11) is 0. The van der Waals surface area contributed by atoms with Gasteiger partial charge in [0.25, 0.3) is 0 Å². The molecule has 106 valence electrons. The van der Waals surface area contributed by atoms with Crippen LogP contribution in [0.15, 0.2) is 40.3 Å². The average Bonchev–Trinajstić information content (AvgIpc) is 3.04. The first-order chi connectivity index (χ1) is 10.1. The molecule has 1 aromatic carbocycles. The minimum atomic E-state index is -0.742. The highest BCUT2D eigenvalue weighted by Gasteiger charge is 2.15. The molecule has 0 bridgehead atoms. The topological polar surface area (TPSA) is 34.9 Å². The van der Waals surface area contributed by atoms with Gasteiger partial charge in [0.05, 0.1) is 10.4 Å². The Kier molecular flexibility index (Phi) is 3.69. The van der Waals surface area contributed by atoms with Crippen LogP contribution in [0, 0.1) is 11.6 Å². The fourth-order valence-electron chi connectivity index (χ4n) is 1.89. The third-order valence-electron chi connectivity index (χ3n) is 2.83. The molecule has 3 aromatic rings. The lowest BCUT2D eigenvalue weighted by atomic mass is 10.2. The monoisotopic (exact) mass is 368 g/mol. The number of rotatable bonds is 3. The highest BCUT2D eigenvalue weighted by molar-refractivity contribution is 9.10. The zero-order chi connectivity index (χ0) is 15.0. The number of halogens is 3. The second-order valence-corrected chi connectivity index (χ2v) is 6.05. The Morgan fingerprint density at radius 2 is 2.10 bits per heavy atom. The van der Waals surface area contributed by atoms with Gasteiger partial charge in [0.15, 0.2) is 12.1 Å². The summed E-state index contributed by atoms with van der Waals surface area (Å²) >= 11 is 4.75. The van der Waals surface area contributed by atoms with E-state index in [-0.39, 0.29) is 5.69 Å². The van der Waals surface area contributed by atoms with E-state index in [0.717, 1.165) is 21.5 Å². The van der Waals surface area contributed by atoms with Crippen molar-refractivity contribution < 1.29 is 13.6 Å². The molecule has 3 rings (SSSR count). The molecule has 0 N–H and O–H groups in total. The SMILES string of the molecule is O=Cc1cn(-c2ccc(F)cc2F)nc1-c1cc(Br)cs1. The minimum Gasteiger partial charge on any atom is -0.298 e. The van der Waals surface area contributed by atoms with E-state index < -0.39 is 11.6 Å². The van der Waals surface area contributed by atoms with E-state index in [1.807, 2.05) is 11.4 Å². The van der Waals surface area contributed by atoms with Crippen molar-refractivity contribution in [1.29, 1.82) is 0 Å². The third kappa shape index (κ3) is 2.66. The number of aromatic nitrogens is 2. The summed E-state index contributed by atoms with van der Waals surface area (Å²) in [6.45, 7) is 0. The van der Waals surface area contributed by atoms with E-state index in [2.05, 4.69) is 21.0 Å². The maximum absolute atomic E-state index is 13.8. The van der Waals surface area contributed by atoms with Crippen molar-refractivity contribution in [1.82, 2.24) is 9.78 Å².